The van der Waals surface area contributed by atoms with E-state index < -0.39 is 5.97 Å². The highest BCUT2D eigenvalue weighted by Crippen LogP contribution is 2.23. The fourth-order valence-electron chi connectivity index (χ4n) is 3.37. The number of hydrogen-bond donors (Lipinski definition) is 1. The molecule has 2 nitrogen and oxygen atoms in total. The Hall–Kier alpha value is -3.13. The minimum Gasteiger partial charge on any atom is -0.478 e. The van der Waals surface area contributed by atoms with Crippen LogP contribution in [-0.4, -0.2) is 11.1 Å². The topological polar surface area (TPSA) is 37.3 Å². The smallest absolute Gasteiger partial charge is 0.335 e. The fraction of sp³-hybridized carbons (Fsp3) is 0.0870. The van der Waals surface area contributed by atoms with E-state index in [9.17, 15) is 9.90 Å². The number of fused-ring (bicyclic) bond motifs is 2. The molecule has 4 rings (SSSR count). The number of aromatic carboxylic acids is 1. The third kappa shape index (κ3) is 3.11. The monoisotopic (exact) mass is 326 g/mol. The molecule has 0 radical (unpaired) electrons. The highest BCUT2D eigenvalue weighted by Gasteiger charge is 2.11. The van der Waals surface area contributed by atoms with E-state index in [-0.39, 0.29) is 0 Å². The number of carboxylic acids is 1. The predicted molar refractivity (Wildman–Crippen MR) is 102 cm³/mol. The van der Waals surface area contributed by atoms with Gasteiger partial charge in [0, 0.05) is 0 Å². The van der Waals surface area contributed by atoms with Crippen LogP contribution in [0.2, 0.25) is 0 Å². The molecule has 0 heterocycles. The maximum Gasteiger partial charge on any atom is 0.335 e. The van der Waals surface area contributed by atoms with Crippen molar-refractivity contribution >= 4 is 27.5 Å². The van der Waals surface area contributed by atoms with Crippen LogP contribution in [0.1, 0.15) is 21.5 Å². The van der Waals surface area contributed by atoms with E-state index in [1.807, 2.05) is 42.5 Å². The summed E-state index contributed by atoms with van der Waals surface area (Å²) in [5.74, 6) is -0.862. The zero-order chi connectivity index (χ0) is 17.2. The second-order valence-electron chi connectivity index (χ2n) is 6.34. The molecule has 0 aliphatic heterocycles. The zero-order valence-corrected chi connectivity index (χ0v) is 13.8. The number of hydrogen-bond acceptors (Lipinski definition) is 1. The van der Waals surface area contributed by atoms with Gasteiger partial charge in [0.15, 0.2) is 0 Å². The largest absolute Gasteiger partial charge is 0.478 e. The first-order valence-electron chi connectivity index (χ1n) is 8.43. The lowest BCUT2D eigenvalue weighted by Crippen LogP contribution is -2.04. The molecule has 4 aromatic carbocycles. The van der Waals surface area contributed by atoms with Crippen LogP contribution in [0.3, 0.4) is 0 Å². The van der Waals surface area contributed by atoms with Gasteiger partial charge in [-0.1, -0.05) is 72.8 Å². The Bertz CT molecular complexity index is 1080. The van der Waals surface area contributed by atoms with E-state index in [2.05, 4.69) is 30.3 Å². The summed E-state index contributed by atoms with van der Waals surface area (Å²) in [5.41, 5.74) is 2.52. The van der Waals surface area contributed by atoms with Crippen molar-refractivity contribution in [1.82, 2.24) is 0 Å². The molecule has 0 atom stereocenters. The third-order valence-electron chi connectivity index (χ3n) is 4.70. The van der Waals surface area contributed by atoms with E-state index in [1.165, 1.54) is 16.3 Å². The molecule has 0 saturated carbocycles. The van der Waals surface area contributed by atoms with Crippen LogP contribution < -0.4 is 0 Å². The zero-order valence-electron chi connectivity index (χ0n) is 13.8. The van der Waals surface area contributed by atoms with Crippen molar-refractivity contribution in [2.24, 2.45) is 0 Å². The van der Waals surface area contributed by atoms with E-state index >= 15 is 0 Å². The Balaban J connectivity index is 1.66. The molecule has 0 bridgehead atoms. The second kappa shape index (κ2) is 6.40. The van der Waals surface area contributed by atoms with Crippen molar-refractivity contribution < 1.29 is 9.90 Å². The average molecular weight is 326 g/mol. The van der Waals surface area contributed by atoms with E-state index in [4.69, 9.17) is 0 Å². The molecule has 2 heteroatoms. The van der Waals surface area contributed by atoms with Crippen LogP contribution in [0.4, 0.5) is 0 Å². The summed E-state index contributed by atoms with van der Waals surface area (Å²) in [4.78, 5) is 11.7. The lowest BCUT2D eigenvalue weighted by atomic mass is 9.95. The highest BCUT2D eigenvalue weighted by atomic mass is 16.4. The maximum absolute atomic E-state index is 11.7. The first-order chi connectivity index (χ1) is 12.2. The summed E-state index contributed by atoms with van der Waals surface area (Å²) in [6.07, 6.45) is 1.54. The molecular weight excluding hydrogens is 308 g/mol. The molecule has 0 saturated heterocycles. The Morgan fingerprint density at radius 2 is 1.28 bits per heavy atom. The van der Waals surface area contributed by atoms with Gasteiger partial charge in [0.25, 0.3) is 0 Å². The van der Waals surface area contributed by atoms with Gasteiger partial charge >= 0.3 is 5.97 Å². The van der Waals surface area contributed by atoms with Crippen LogP contribution in [0, 0.1) is 0 Å². The number of carboxylic acid groups (broad SMARTS) is 1. The molecule has 25 heavy (non-hydrogen) atoms. The molecule has 0 amide bonds. The second-order valence-corrected chi connectivity index (χ2v) is 6.34. The van der Waals surface area contributed by atoms with Gasteiger partial charge in [0.2, 0.25) is 0 Å². The van der Waals surface area contributed by atoms with Crippen molar-refractivity contribution in [2.45, 2.75) is 12.8 Å². The van der Waals surface area contributed by atoms with Crippen molar-refractivity contribution in [3.05, 3.63) is 95.6 Å². The Kier molecular flexibility index (Phi) is 3.95. The number of rotatable bonds is 4. The lowest BCUT2D eigenvalue weighted by Gasteiger charge is -2.09. The fourth-order valence-corrected chi connectivity index (χ4v) is 3.37. The molecule has 0 aromatic heterocycles. The van der Waals surface area contributed by atoms with Gasteiger partial charge < -0.3 is 5.11 Å². The molecule has 0 aliphatic rings. The van der Waals surface area contributed by atoms with Crippen molar-refractivity contribution in [3.63, 3.8) is 0 Å². The summed E-state index contributed by atoms with van der Waals surface area (Å²) in [5, 5.41) is 14.1. The molecular formula is C23H18O2. The minimum atomic E-state index is -0.862. The lowest BCUT2D eigenvalue weighted by molar-refractivity contribution is 0.0696. The summed E-state index contributed by atoms with van der Waals surface area (Å²) >= 11 is 0. The standard InChI is InChI=1S/C23H18O2/c24-23(25)22-15-20-8-4-3-7-19(20)14-21(22)12-10-16-9-11-17-5-1-2-6-18(17)13-16/h1-9,11,13-15H,10,12H2,(H,24,25). The molecule has 0 unspecified atom stereocenters. The predicted octanol–water partition coefficient (Wildman–Crippen LogP) is 5.48. The van der Waals surface area contributed by atoms with Gasteiger partial charge in [0.05, 0.1) is 5.56 Å². The van der Waals surface area contributed by atoms with Gasteiger partial charge in [-0.25, -0.2) is 4.79 Å². The highest BCUT2D eigenvalue weighted by molar-refractivity contribution is 5.96. The summed E-state index contributed by atoms with van der Waals surface area (Å²) < 4.78 is 0. The van der Waals surface area contributed by atoms with Crippen LogP contribution in [0.15, 0.2) is 78.9 Å². The molecule has 0 aliphatic carbocycles. The Morgan fingerprint density at radius 3 is 1.96 bits per heavy atom. The maximum atomic E-state index is 11.7. The van der Waals surface area contributed by atoms with Gasteiger partial charge in [0.1, 0.15) is 0 Å². The van der Waals surface area contributed by atoms with Crippen LogP contribution >= 0.6 is 0 Å². The van der Waals surface area contributed by atoms with Crippen LogP contribution in [0.5, 0.6) is 0 Å². The SMILES string of the molecule is O=C(O)c1cc2ccccc2cc1CCc1ccc2ccccc2c1. The van der Waals surface area contributed by atoms with Gasteiger partial charge in [-0.15, -0.1) is 0 Å². The van der Waals surface area contributed by atoms with E-state index in [1.54, 1.807) is 6.07 Å². The quantitative estimate of drug-likeness (QED) is 0.539. The van der Waals surface area contributed by atoms with E-state index in [0.29, 0.717) is 12.0 Å². The van der Waals surface area contributed by atoms with Gasteiger partial charge in [-0.3, -0.25) is 0 Å². The van der Waals surface area contributed by atoms with Crippen molar-refractivity contribution in [1.29, 1.82) is 0 Å². The minimum absolute atomic E-state index is 0.402. The molecule has 1 N–H and O–H groups in total. The van der Waals surface area contributed by atoms with Gasteiger partial charge in [-0.05, 0) is 51.6 Å². The van der Waals surface area contributed by atoms with E-state index in [0.717, 1.165) is 22.8 Å². The number of aryl methyl sites for hydroxylation is 2. The first kappa shape index (κ1) is 15.4. The van der Waals surface area contributed by atoms with Crippen LogP contribution in [0.25, 0.3) is 21.5 Å². The third-order valence-corrected chi connectivity index (χ3v) is 4.70. The summed E-state index contributed by atoms with van der Waals surface area (Å²) in [6.45, 7) is 0. The molecule has 4 aromatic rings. The first-order valence-corrected chi connectivity index (χ1v) is 8.43. The number of benzene rings is 4. The number of carbonyl (C=O) groups is 1. The molecule has 0 fully saturated rings. The Labute approximate surface area is 146 Å². The Morgan fingerprint density at radius 1 is 0.680 bits per heavy atom. The van der Waals surface area contributed by atoms with Gasteiger partial charge in [-0.2, -0.15) is 0 Å². The van der Waals surface area contributed by atoms with Crippen LogP contribution in [-0.2, 0) is 12.8 Å². The van der Waals surface area contributed by atoms with Crippen molar-refractivity contribution in [2.75, 3.05) is 0 Å². The normalized spacial score (nSPS) is 11.0. The average Bonchev–Trinajstić information content (AvgIpc) is 2.65. The summed E-state index contributed by atoms with van der Waals surface area (Å²) in [7, 11) is 0. The molecule has 0 spiro atoms. The summed E-state index contributed by atoms with van der Waals surface area (Å²) in [6, 6.07) is 26.4. The molecule has 122 valence electrons. The van der Waals surface area contributed by atoms with Crippen molar-refractivity contribution in [3.8, 4) is 0 Å².